The number of esters is 1. The number of hydrogen-bond donors (Lipinski definition) is 0. The molecule has 80 valence electrons. The van der Waals surface area contributed by atoms with Gasteiger partial charge in [0.05, 0.1) is 11.6 Å². The number of carbonyl (C=O) groups is 1. The Balaban J connectivity index is 2.81. The fourth-order valence-corrected chi connectivity index (χ4v) is 1.58. The first kappa shape index (κ1) is 12.3. The van der Waals surface area contributed by atoms with Crippen LogP contribution in [0.3, 0.4) is 0 Å². The van der Waals surface area contributed by atoms with Crippen molar-refractivity contribution in [3.63, 3.8) is 0 Å². The van der Waals surface area contributed by atoms with Crippen molar-refractivity contribution >= 4 is 39.6 Å². The molecule has 0 aliphatic heterocycles. The molecule has 15 heavy (non-hydrogen) atoms. The predicted molar refractivity (Wildman–Crippen MR) is 64.8 cm³/mol. The zero-order chi connectivity index (χ0) is 11.3. The Labute approximate surface area is 102 Å². The fourth-order valence-electron chi connectivity index (χ4n) is 0.997. The van der Waals surface area contributed by atoms with E-state index in [1.54, 1.807) is 19.1 Å². The minimum atomic E-state index is -0.357. The van der Waals surface area contributed by atoms with Gasteiger partial charge in [0, 0.05) is 10.5 Å². The molecule has 0 radical (unpaired) electrons. The third-order valence-electron chi connectivity index (χ3n) is 1.67. The molecule has 1 aromatic carbocycles. The quantitative estimate of drug-likeness (QED) is 0.627. The van der Waals surface area contributed by atoms with Crippen LogP contribution < -0.4 is 0 Å². The number of halogens is 2. The zero-order valence-electron chi connectivity index (χ0n) is 8.17. The summed E-state index contributed by atoms with van der Waals surface area (Å²) in [5, 5.41) is 0.612. The molecule has 0 aliphatic carbocycles. The highest BCUT2D eigenvalue weighted by Crippen LogP contribution is 2.26. The van der Waals surface area contributed by atoms with Gasteiger partial charge in [-0.15, -0.1) is 0 Å². The summed E-state index contributed by atoms with van der Waals surface area (Å²) in [6, 6.07) is 5.44. The minimum absolute atomic E-state index is 0.357. The molecule has 0 saturated heterocycles. The highest BCUT2D eigenvalue weighted by atomic mass is 79.9. The average Bonchev–Trinajstić information content (AvgIpc) is 2.21. The van der Waals surface area contributed by atoms with Crippen LogP contribution in [-0.4, -0.2) is 12.6 Å². The van der Waals surface area contributed by atoms with E-state index < -0.39 is 0 Å². The second kappa shape index (κ2) is 5.93. The number of hydrogen-bond acceptors (Lipinski definition) is 2. The summed E-state index contributed by atoms with van der Waals surface area (Å²) in [7, 11) is 0. The van der Waals surface area contributed by atoms with E-state index in [2.05, 4.69) is 15.9 Å². The van der Waals surface area contributed by atoms with Crippen LogP contribution in [0, 0.1) is 0 Å². The van der Waals surface area contributed by atoms with Crippen LogP contribution in [0.4, 0.5) is 0 Å². The first-order chi connectivity index (χ1) is 7.15. The van der Waals surface area contributed by atoms with Gasteiger partial charge in [-0.2, -0.15) is 0 Å². The van der Waals surface area contributed by atoms with Gasteiger partial charge in [0.15, 0.2) is 0 Å². The van der Waals surface area contributed by atoms with Crippen LogP contribution in [-0.2, 0) is 9.53 Å². The molecule has 2 nitrogen and oxygen atoms in total. The first-order valence-electron chi connectivity index (χ1n) is 4.44. The second-order valence-corrected chi connectivity index (χ2v) is 3.93. The van der Waals surface area contributed by atoms with E-state index >= 15 is 0 Å². The van der Waals surface area contributed by atoms with Crippen LogP contribution in [0.5, 0.6) is 0 Å². The van der Waals surface area contributed by atoms with E-state index in [-0.39, 0.29) is 5.97 Å². The van der Waals surface area contributed by atoms with Crippen molar-refractivity contribution in [3.8, 4) is 0 Å². The van der Waals surface area contributed by atoms with Crippen molar-refractivity contribution in [2.75, 3.05) is 6.61 Å². The standard InChI is InChI=1S/C11H10BrClO2/c1-2-15-10(14)7-6-8-4-3-5-9(13)11(8)12/h3-7H,2H2,1H3. The molecule has 1 aromatic rings. The van der Waals surface area contributed by atoms with Gasteiger partial charge in [-0.05, 0) is 40.6 Å². The molecule has 1 rings (SSSR count). The summed E-state index contributed by atoms with van der Waals surface area (Å²) in [4.78, 5) is 11.1. The summed E-state index contributed by atoms with van der Waals surface area (Å²) < 4.78 is 5.53. The Kier molecular flexibility index (Phi) is 4.85. The highest BCUT2D eigenvalue weighted by Gasteiger charge is 2.01. The van der Waals surface area contributed by atoms with Gasteiger partial charge in [-0.3, -0.25) is 0 Å². The smallest absolute Gasteiger partial charge is 0.330 e. The van der Waals surface area contributed by atoms with E-state index in [4.69, 9.17) is 16.3 Å². The summed E-state index contributed by atoms with van der Waals surface area (Å²) in [5.41, 5.74) is 0.843. The van der Waals surface area contributed by atoms with Crippen LogP contribution in [0.15, 0.2) is 28.7 Å². The number of ether oxygens (including phenoxy) is 1. The van der Waals surface area contributed by atoms with E-state index in [0.717, 1.165) is 10.0 Å². The van der Waals surface area contributed by atoms with Gasteiger partial charge >= 0.3 is 5.97 Å². The lowest BCUT2D eigenvalue weighted by Gasteiger charge is -2.00. The SMILES string of the molecule is CCOC(=O)C=Cc1cccc(Cl)c1Br. The van der Waals surface area contributed by atoms with Crippen LogP contribution >= 0.6 is 27.5 Å². The maximum absolute atomic E-state index is 11.1. The minimum Gasteiger partial charge on any atom is -0.463 e. The lowest BCUT2D eigenvalue weighted by Crippen LogP contribution is -1.98. The lowest BCUT2D eigenvalue weighted by molar-refractivity contribution is -0.137. The second-order valence-electron chi connectivity index (χ2n) is 2.73. The van der Waals surface area contributed by atoms with Crippen LogP contribution in [0.2, 0.25) is 5.02 Å². The third kappa shape index (κ3) is 3.68. The van der Waals surface area contributed by atoms with Crippen molar-refractivity contribution in [1.82, 2.24) is 0 Å². The van der Waals surface area contributed by atoms with Crippen molar-refractivity contribution in [1.29, 1.82) is 0 Å². The molecule has 0 N–H and O–H groups in total. The van der Waals surface area contributed by atoms with Gasteiger partial charge in [0.25, 0.3) is 0 Å². The van der Waals surface area contributed by atoms with Crippen LogP contribution in [0.1, 0.15) is 12.5 Å². The molecule has 0 atom stereocenters. The maximum Gasteiger partial charge on any atom is 0.330 e. The van der Waals surface area contributed by atoms with Gasteiger partial charge in [-0.25, -0.2) is 4.79 Å². The normalized spacial score (nSPS) is 10.6. The third-order valence-corrected chi connectivity index (χ3v) is 3.10. The molecule has 0 spiro atoms. The largest absolute Gasteiger partial charge is 0.463 e. The van der Waals surface area contributed by atoms with Gasteiger partial charge in [-0.1, -0.05) is 23.7 Å². The first-order valence-corrected chi connectivity index (χ1v) is 5.61. The molecule has 0 heterocycles. The summed E-state index contributed by atoms with van der Waals surface area (Å²) in [5.74, 6) is -0.357. The summed E-state index contributed by atoms with van der Waals surface area (Å²) in [6.45, 7) is 2.14. The van der Waals surface area contributed by atoms with Crippen molar-refractivity contribution < 1.29 is 9.53 Å². The van der Waals surface area contributed by atoms with Crippen LogP contribution in [0.25, 0.3) is 6.08 Å². The Bertz CT molecular complexity index is 388. The van der Waals surface area contributed by atoms with Gasteiger partial charge in [0.2, 0.25) is 0 Å². The molecule has 0 saturated carbocycles. The van der Waals surface area contributed by atoms with Gasteiger partial charge < -0.3 is 4.74 Å². The molecule has 0 bridgehead atoms. The predicted octanol–water partition coefficient (Wildman–Crippen LogP) is 3.68. The Morgan fingerprint density at radius 1 is 1.60 bits per heavy atom. The molecule has 0 unspecified atom stereocenters. The molecule has 0 fully saturated rings. The van der Waals surface area contributed by atoms with E-state index in [1.807, 2.05) is 12.1 Å². The number of carbonyl (C=O) groups excluding carboxylic acids is 1. The Morgan fingerprint density at radius 3 is 3.00 bits per heavy atom. The molecule has 0 aliphatic rings. The fraction of sp³-hybridized carbons (Fsp3) is 0.182. The summed E-state index contributed by atoms with van der Waals surface area (Å²) >= 11 is 9.23. The molecule has 0 amide bonds. The monoisotopic (exact) mass is 288 g/mol. The number of rotatable bonds is 3. The van der Waals surface area contributed by atoms with E-state index in [9.17, 15) is 4.79 Å². The van der Waals surface area contributed by atoms with Gasteiger partial charge in [0.1, 0.15) is 0 Å². The zero-order valence-corrected chi connectivity index (χ0v) is 10.5. The van der Waals surface area contributed by atoms with E-state index in [1.165, 1.54) is 6.08 Å². The maximum atomic E-state index is 11.1. The Morgan fingerprint density at radius 2 is 2.33 bits per heavy atom. The molecule has 0 aromatic heterocycles. The van der Waals surface area contributed by atoms with Crippen molar-refractivity contribution in [2.45, 2.75) is 6.92 Å². The topological polar surface area (TPSA) is 26.3 Å². The average molecular weight is 290 g/mol. The molecular formula is C11H10BrClO2. The van der Waals surface area contributed by atoms with Crippen molar-refractivity contribution in [2.24, 2.45) is 0 Å². The lowest BCUT2D eigenvalue weighted by atomic mass is 10.2. The highest BCUT2D eigenvalue weighted by molar-refractivity contribution is 9.10. The van der Waals surface area contributed by atoms with Crippen molar-refractivity contribution in [3.05, 3.63) is 39.3 Å². The molecule has 4 heteroatoms. The number of benzene rings is 1. The molecular weight excluding hydrogens is 279 g/mol. The summed E-state index contributed by atoms with van der Waals surface area (Å²) in [6.07, 6.45) is 3.04. The Hall–Kier alpha value is -0.800. The van der Waals surface area contributed by atoms with E-state index in [0.29, 0.717) is 11.6 Å².